The van der Waals surface area contributed by atoms with E-state index in [2.05, 4.69) is 74.1 Å². The van der Waals surface area contributed by atoms with Crippen molar-refractivity contribution in [3.05, 3.63) is 34.9 Å². The van der Waals surface area contributed by atoms with Crippen LogP contribution in [-0.2, 0) is 11.0 Å². The predicted octanol–water partition coefficient (Wildman–Crippen LogP) is 3.37. The van der Waals surface area contributed by atoms with Crippen molar-refractivity contribution in [2.24, 2.45) is 0 Å². The number of rotatable bonds is 3. The van der Waals surface area contributed by atoms with E-state index in [9.17, 15) is 0 Å². The minimum Gasteiger partial charge on any atom is -0.257 e. The summed E-state index contributed by atoms with van der Waals surface area (Å²) in [6.07, 6.45) is 0. The van der Waals surface area contributed by atoms with Crippen LogP contribution in [0.3, 0.4) is 0 Å². The molecule has 0 aliphatic carbocycles. The fourth-order valence-electron chi connectivity index (χ4n) is 1.10. The van der Waals surface area contributed by atoms with Gasteiger partial charge in [-0.1, -0.05) is 40.8 Å². The van der Waals surface area contributed by atoms with E-state index in [1.807, 2.05) is 0 Å². The summed E-state index contributed by atoms with van der Waals surface area (Å²) in [5.41, 5.74) is 4.19. The van der Waals surface area contributed by atoms with Crippen molar-refractivity contribution in [2.45, 2.75) is 17.9 Å². The van der Waals surface area contributed by atoms with Gasteiger partial charge in [-0.3, -0.25) is 3.53 Å². The minimum atomic E-state index is 0.947. The maximum Gasteiger partial charge on any atom is 0.0301 e. The number of hydrogen-bond acceptors (Lipinski definition) is 1. The molecular formula is C9H11I2N. The fourth-order valence-corrected chi connectivity index (χ4v) is 2.39. The van der Waals surface area contributed by atoms with Gasteiger partial charge in [-0.15, -0.1) is 0 Å². The Hall–Kier alpha value is 0.640. The molecule has 0 spiro atoms. The average Bonchev–Trinajstić information content (AvgIpc) is 2.05. The first kappa shape index (κ1) is 10.7. The Bertz CT molecular complexity index is 261. The maximum absolute atomic E-state index is 3.12. The van der Waals surface area contributed by atoms with Crippen molar-refractivity contribution in [1.29, 1.82) is 0 Å². The lowest BCUT2D eigenvalue weighted by Gasteiger charge is -2.04. The molecule has 0 fully saturated rings. The van der Waals surface area contributed by atoms with Gasteiger partial charge in [0.05, 0.1) is 0 Å². The first-order valence-electron chi connectivity index (χ1n) is 3.75. The Labute approximate surface area is 101 Å². The van der Waals surface area contributed by atoms with E-state index in [1.54, 1.807) is 0 Å². The summed E-state index contributed by atoms with van der Waals surface area (Å²) in [7, 11) is 0. The third-order valence-corrected chi connectivity index (χ3v) is 3.03. The summed E-state index contributed by atoms with van der Waals surface area (Å²) in [5, 5.41) is 0. The molecule has 0 heterocycles. The predicted molar refractivity (Wildman–Crippen MR) is 69.8 cm³/mol. The highest BCUT2D eigenvalue weighted by atomic mass is 127. The number of nitrogens with one attached hydrogen (secondary N) is 1. The van der Waals surface area contributed by atoms with E-state index in [1.165, 1.54) is 16.7 Å². The Kier molecular flexibility index (Phi) is 4.81. The van der Waals surface area contributed by atoms with Gasteiger partial charge in [0.25, 0.3) is 0 Å². The smallest absolute Gasteiger partial charge is 0.0301 e. The van der Waals surface area contributed by atoms with Crippen LogP contribution >= 0.6 is 45.5 Å². The topological polar surface area (TPSA) is 12.0 Å². The molecule has 3 heteroatoms. The van der Waals surface area contributed by atoms with Gasteiger partial charge in [0.2, 0.25) is 0 Å². The van der Waals surface area contributed by atoms with Crippen LogP contribution in [0.1, 0.15) is 16.7 Å². The van der Waals surface area contributed by atoms with Gasteiger partial charge < -0.3 is 0 Å². The quantitative estimate of drug-likeness (QED) is 0.477. The first-order chi connectivity index (χ1) is 5.77. The molecule has 0 saturated heterocycles. The number of alkyl halides is 1. The van der Waals surface area contributed by atoms with Crippen molar-refractivity contribution in [1.82, 2.24) is 3.53 Å². The second-order valence-corrected chi connectivity index (χ2v) is 4.23. The zero-order valence-corrected chi connectivity index (χ0v) is 11.2. The summed E-state index contributed by atoms with van der Waals surface area (Å²) >= 11 is 4.56. The first-order valence-corrected chi connectivity index (χ1v) is 6.36. The zero-order chi connectivity index (χ0) is 8.97. The van der Waals surface area contributed by atoms with Crippen LogP contribution in [-0.4, -0.2) is 0 Å². The highest BCUT2D eigenvalue weighted by Gasteiger charge is 1.97. The normalized spacial score (nSPS) is 10.2. The number of aryl methyl sites for hydroxylation is 1. The SMILES string of the molecule is Cc1cc(CNI)ccc1CI. The average molecular weight is 387 g/mol. The van der Waals surface area contributed by atoms with Crippen LogP contribution in [0, 0.1) is 6.92 Å². The molecule has 1 N–H and O–H groups in total. The van der Waals surface area contributed by atoms with Gasteiger partial charge in [0.15, 0.2) is 0 Å². The summed E-state index contributed by atoms with van der Waals surface area (Å²) in [6.45, 7) is 3.12. The highest BCUT2D eigenvalue weighted by Crippen LogP contribution is 2.14. The summed E-state index contributed by atoms with van der Waals surface area (Å²) in [4.78, 5) is 0. The Morgan fingerprint density at radius 1 is 1.42 bits per heavy atom. The molecule has 0 saturated carbocycles. The Balaban J connectivity index is 2.86. The lowest BCUT2D eigenvalue weighted by Crippen LogP contribution is -1.98. The van der Waals surface area contributed by atoms with Crippen molar-refractivity contribution >= 4 is 45.5 Å². The van der Waals surface area contributed by atoms with Crippen molar-refractivity contribution in [3.63, 3.8) is 0 Å². The molecule has 0 bridgehead atoms. The molecule has 12 heavy (non-hydrogen) atoms. The molecule has 0 aromatic heterocycles. The largest absolute Gasteiger partial charge is 0.257 e. The molecule has 1 aromatic rings. The van der Waals surface area contributed by atoms with E-state index in [4.69, 9.17) is 0 Å². The Morgan fingerprint density at radius 3 is 2.67 bits per heavy atom. The molecule has 0 aliphatic rings. The van der Waals surface area contributed by atoms with Crippen molar-refractivity contribution in [3.8, 4) is 0 Å². The van der Waals surface area contributed by atoms with E-state index < -0.39 is 0 Å². The minimum absolute atomic E-state index is 0.947. The van der Waals surface area contributed by atoms with Gasteiger partial charge in [-0.2, -0.15) is 0 Å². The number of halogens is 2. The van der Waals surface area contributed by atoms with Gasteiger partial charge in [0, 0.05) is 33.8 Å². The second-order valence-electron chi connectivity index (χ2n) is 2.70. The van der Waals surface area contributed by atoms with Crippen molar-refractivity contribution in [2.75, 3.05) is 0 Å². The van der Waals surface area contributed by atoms with E-state index in [0.29, 0.717) is 0 Å². The standard InChI is InChI=1S/C9H11I2N/c1-7-4-8(6-12-11)2-3-9(7)5-10/h2-4,12H,5-6H2,1H3. The lowest BCUT2D eigenvalue weighted by atomic mass is 10.1. The Morgan fingerprint density at radius 2 is 2.17 bits per heavy atom. The van der Waals surface area contributed by atoms with Crippen LogP contribution in [0.4, 0.5) is 0 Å². The summed E-state index contributed by atoms with van der Waals surface area (Å²) in [5.74, 6) is 0. The van der Waals surface area contributed by atoms with Crippen LogP contribution in [0.25, 0.3) is 0 Å². The molecule has 1 aromatic carbocycles. The second kappa shape index (κ2) is 5.39. The molecule has 0 amide bonds. The van der Waals surface area contributed by atoms with Crippen LogP contribution in [0.2, 0.25) is 0 Å². The monoisotopic (exact) mass is 387 g/mol. The molecule has 0 radical (unpaired) electrons. The van der Waals surface area contributed by atoms with Gasteiger partial charge >= 0.3 is 0 Å². The molecule has 0 atom stereocenters. The van der Waals surface area contributed by atoms with E-state index in [0.717, 1.165) is 11.0 Å². The van der Waals surface area contributed by atoms with Crippen LogP contribution in [0.15, 0.2) is 18.2 Å². The highest BCUT2D eigenvalue weighted by molar-refractivity contribution is 14.1. The molecule has 1 rings (SSSR count). The van der Waals surface area contributed by atoms with Crippen LogP contribution in [0.5, 0.6) is 0 Å². The fraction of sp³-hybridized carbons (Fsp3) is 0.333. The third kappa shape index (κ3) is 2.85. The molecule has 1 nitrogen and oxygen atoms in total. The van der Waals surface area contributed by atoms with Crippen LogP contribution < -0.4 is 3.53 Å². The molecule has 66 valence electrons. The van der Waals surface area contributed by atoms with Crippen molar-refractivity contribution < 1.29 is 0 Å². The zero-order valence-electron chi connectivity index (χ0n) is 6.90. The van der Waals surface area contributed by atoms with E-state index >= 15 is 0 Å². The summed E-state index contributed by atoms with van der Waals surface area (Å²) < 4.78 is 4.22. The van der Waals surface area contributed by atoms with Gasteiger partial charge in [0.1, 0.15) is 0 Å². The summed E-state index contributed by atoms with van der Waals surface area (Å²) in [6, 6.07) is 6.65. The maximum atomic E-state index is 3.12. The number of benzene rings is 1. The van der Waals surface area contributed by atoms with Gasteiger partial charge in [-0.25, -0.2) is 0 Å². The third-order valence-electron chi connectivity index (χ3n) is 1.82. The van der Waals surface area contributed by atoms with Gasteiger partial charge in [-0.05, 0) is 23.6 Å². The van der Waals surface area contributed by atoms with E-state index in [-0.39, 0.29) is 0 Å². The molecule has 0 aliphatic heterocycles. The molecular weight excluding hydrogens is 376 g/mol. The number of hydrogen-bond donors (Lipinski definition) is 1. The molecule has 0 unspecified atom stereocenters. The lowest BCUT2D eigenvalue weighted by molar-refractivity contribution is 1.01.